The van der Waals surface area contributed by atoms with Crippen molar-refractivity contribution in [1.29, 1.82) is 0 Å². The van der Waals surface area contributed by atoms with Crippen molar-refractivity contribution in [3.63, 3.8) is 0 Å². The second-order valence-electron chi connectivity index (χ2n) is 4.08. The van der Waals surface area contributed by atoms with Crippen molar-refractivity contribution in [2.75, 3.05) is 14.1 Å². The Morgan fingerprint density at radius 1 is 1.35 bits per heavy atom. The van der Waals surface area contributed by atoms with Gasteiger partial charge in [0.1, 0.15) is 0 Å². The van der Waals surface area contributed by atoms with Crippen LogP contribution in [0.1, 0.15) is 12.5 Å². The van der Waals surface area contributed by atoms with Crippen LogP contribution in [0.15, 0.2) is 27.1 Å². The SMILES string of the molecule is CC(NCc1ccc(Br)c(Br)c1)C(=O)N(C)C. The Morgan fingerprint density at radius 2 is 2.00 bits per heavy atom. The van der Waals surface area contributed by atoms with Gasteiger partial charge in [0, 0.05) is 29.6 Å². The third-order valence-electron chi connectivity index (χ3n) is 2.41. The first-order chi connectivity index (χ1) is 7.91. The highest BCUT2D eigenvalue weighted by molar-refractivity contribution is 9.13. The summed E-state index contributed by atoms with van der Waals surface area (Å²) in [6.07, 6.45) is 0. The molecule has 1 atom stereocenters. The van der Waals surface area contributed by atoms with Crippen LogP contribution in [-0.4, -0.2) is 30.9 Å². The van der Waals surface area contributed by atoms with Crippen molar-refractivity contribution in [2.45, 2.75) is 19.5 Å². The molecule has 1 rings (SSSR count). The maximum absolute atomic E-state index is 11.6. The van der Waals surface area contributed by atoms with Gasteiger partial charge in [-0.15, -0.1) is 0 Å². The predicted molar refractivity (Wildman–Crippen MR) is 76.8 cm³/mol. The lowest BCUT2D eigenvalue weighted by molar-refractivity contribution is -0.130. The van der Waals surface area contributed by atoms with Gasteiger partial charge in [0.2, 0.25) is 5.91 Å². The number of hydrogen-bond donors (Lipinski definition) is 1. The first-order valence-corrected chi connectivity index (χ1v) is 6.89. The summed E-state index contributed by atoms with van der Waals surface area (Å²) in [5, 5.41) is 3.20. The molecule has 0 saturated carbocycles. The van der Waals surface area contributed by atoms with E-state index in [9.17, 15) is 4.79 Å². The Kier molecular flexibility index (Phi) is 5.62. The summed E-state index contributed by atoms with van der Waals surface area (Å²) < 4.78 is 2.04. The number of nitrogens with one attached hydrogen (secondary N) is 1. The lowest BCUT2D eigenvalue weighted by Gasteiger charge is -2.18. The van der Waals surface area contributed by atoms with E-state index in [1.807, 2.05) is 25.1 Å². The molecule has 17 heavy (non-hydrogen) atoms. The standard InChI is InChI=1S/C12H16Br2N2O/c1-8(12(17)16(2)3)15-7-9-4-5-10(13)11(14)6-9/h4-6,8,15H,7H2,1-3H3. The molecule has 0 aliphatic heterocycles. The summed E-state index contributed by atoms with van der Waals surface area (Å²) in [7, 11) is 3.52. The number of carbonyl (C=O) groups excluding carboxylic acids is 1. The summed E-state index contributed by atoms with van der Waals surface area (Å²) in [6.45, 7) is 2.54. The molecule has 1 unspecified atom stereocenters. The molecule has 1 amide bonds. The van der Waals surface area contributed by atoms with Crippen molar-refractivity contribution >= 4 is 37.8 Å². The van der Waals surface area contributed by atoms with E-state index in [1.54, 1.807) is 19.0 Å². The van der Waals surface area contributed by atoms with Gasteiger partial charge in [-0.1, -0.05) is 6.07 Å². The van der Waals surface area contributed by atoms with E-state index in [4.69, 9.17) is 0 Å². The van der Waals surface area contributed by atoms with E-state index >= 15 is 0 Å². The molecule has 0 saturated heterocycles. The summed E-state index contributed by atoms with van der Waals surface area (Å²) >= 11 is 6.88. The lowest BCUT2D eigenvalue weighted by atomic mass is 10.2. The highest BCUT2D eigenvalue weighted by Crippen LogP contribution is 2.23. The summed E-state index contributed by atoms with van der Waals surface area (Å²) in [5.74, 6) is 0.0844. The topological polar surface area (TPSA) is 32.3 Å². The predicted octanol–water partition coefficient (Wildman–Crippen LogP) is 2.78. The van der Waals surface area contributed by atoms with E-state index in [-0.39, 0.29) is 11.9 Å². The minimum absolute atomic E-state index is 0.0844. The Bertz CT molecular complexity index is 407. The Balaban J connectivity index is 2.56. The van der Waals surface area contributed by atoms with Crippen LogP contribution in [0.4, 0.5) is 0 Å². The van der Waals surface area contributed by atoms with Crippen molar-refractivity contribution in [3.8, 4) is 0 Å². The highest BCUT2D eigenvalue weighted by atomic mass is 79.9. The number of nitrogens with zero attached hydrogens (tertiary/aromatic N) is 1. The normalized spacial score (nSPS) is 12.3. The zero-order valence-electron chi connectivity index (χ0n) is 10.1. The minimum Gasteiger partial charge on any atom is -0.347 e. The van der Waals surface area contributed by atoms with Crippen molar-refractivity contribution < 1.29 is 4.79 Å². The van der Waals surface area contributed by atoms with E-state index in [0.717, 1.165) is 14.5 Å². The van der Waals surface area contributed by atoms with Gasteiger partial charge < -0.3 is 10.2 Å². The molecule has 1 N–H and O–H groups in total. The van der Waals surface area contributed by atoms with E-state index in [2.05, 4.69) is 37.2 Å². The van der Waals surface area contributed by atoms with Gasteiger partial charge in [-0.3, -0.25) is 4.79 Å². The average Bonchev–Trinajstić information content (AvgIpc) is 2.29. The van der Waals surface area contributed by atoms with Crippen molar-refractivity contribution in [1.82, 2.24) is 10.2 Å². The number of benzene rings is 1. The zero-order valence-corrected chi connectivity index (χ0v) is 13.3. The van der Waals surface area contributed by atoms with Crippen LogP contribution in [0.5, 0.6) is 0 Å². The zero-order chi connectivity index (χ0) is 13.0. The molecule has 0 bridgehead atoms. The summed E-state index contributed by atoms with van der Waals surface area (Å²) in [4.78, 5) is 13.2. The van der Waals surface area contributed by atoms with E-state index in [1.165, 1.54) is 0 Å². The Labute approximate surface area is 119 Å². The maximum Gasteiger partial charge on any atom is 0.238 e. The fraction of sp³-hybridized carbons (Fsp3) is 0.417. The first kappa shape index (κ1) is 14.7. The second kappa shape index (κ2) is 6.52. The lowest BCUT2D eigenvalue weighted by Crippen LogP contribution is -2.41. The quantitative estimate of drug-likeness (QED) is 0.892. The van der Waals surface area contributed by atoms with Gasteiger partial charge >= 0.3 is 0 Å². The van der Waals surface area contributed by atoms with Crippen LogP contribution in [0, 0.1) is 0 Å². The van der Waals surface area contributed by atoms with Gasteiger partial charge in [0.05, 0.1) is 6.04 Å². The fourth-order valence-corrected chi connectivity index (χ4v) is 2.07. The maximum atomic E-state index is 11.6. The number of hydrogen-bond acceptors (Lipinski definition) is 2. The third-order valence-corrected chi connectivity index (χ3v) is 4.29. The van der Waals surface area contributed by atoms with Crippen LogP contribution >= 0.6 is 31.9 Å². The molecule has 0 heterocycles. The van der Waals surface area contributed by atoms with Crippen molar-refractivity contribution in [2.24, 2.45) is 0 Å². The molecule has 94 valence electrons. The smallest absolute Gasteiger partial charge is 0.238 e. The molecule has 1 aromatic carbocycles. The highest BCUT2D eigenvalue weighted by Gasteiger charge is 2.13. The number of halogens is 2. The van der Waals surface area contributed by atoms with E-state index in [0.29, 0.717) is 6.54 Å². The van der Waals surface area contributed by atoms with Gasteiger partial charge in [0.25, 0.3) is 0 Å². The Hall–Kier alpha value is -0.390. The molecule has 0 aliphatic carbocycles. The molecule has 0 aromatic heterocycles. The molecule has 0 spiro atoms. The molecule has 0 radical (unpaired) electrons. The van der Waals surface area contributed by atoms with Gasteiger partial charge in [-0.2, -0.15) is 0 Å². The number of amides is 1. The third kappa shape index (κ3) is 4.41. The first-order valence-electron chi connectivity index (χ1n) is 5.30. The summed E-state index contributed by atoms with van der Waals surface area (Å²) in [6, 6.07) is 5.87. The van der Waals surface area contributed by atoms with E-state index < -0.39 is 0 Å². The van der Waals surface area contributed by atoms with Gasteiger partial charge in [0.15, 0.2) is 0 Å². The summed E-state index contributed by atoms with van der Waals surface area (Å²) in [5.41, 5.74) is 1.14. The van der Waals surface area contributed by atoms with Crippen LogP contribution < -0.4 is 5.32 Å². The van der Waals surface area contributed by atoms with Crippen LogP contribution in [0.2, 0.25) is 0 Å². The van der Waals surface area contributed by atoms with Crippen LogP contribution in [-0.2, 0) is 11.3 Å². The molecule has 0 aliphatic rings. The molecule has 5 heteroatoms. The fourth-order valence-electron chi connectivity index (χ4n) is 1.40. The largest absolute Gasteiger partial charge is 0.347 e. The minimum atomic E-state index is -0.174. The number of rotatable bonds is 4. The van der Waals surface area contributed by atoms with Crippen LogP contribution in [0.3, 0.4) is 0 Å². The monoisotopic (exact) mass is 362 g/mol. The molecular weight excluding hydrogens is 348 g/mol. The van der Waals surface area contributed by atoms with Gasteiger partial charge in [-0.05, 0) is 56.5 Å². The van der Waals surface area contributed by atoms with Gasteiger partial charge in [-0.25, -0.2) is 0 Å². The van der Waals surface area contributed by atoms with Crippen molar-refractivity contribution in [3.05, 3.63) is 32.7 Å². The molecular formula is C12H16Br2N2O. The number of likely N-dealkylation sites (N-methyl/N-ethyl adjacent to an activating group) is 1. The second-order valence-corrected chi connectivity index (χ2v) is 5.79. The molecule has 3 nitrogen and oxygen atoms in total. The van der Waals surface area contributed by atoms with Crippen LogP contribution in [0.25, 0.3) is 0 Å². The average molecular weight is 364 g/mol. The Morgan fingerprint density at radius 3 is 2.53 bits per heavy atom. The number of carbonyl (C=O) groups is 1. The molecule has 1 aromatic rings. The molecule has 0 fully saturated rings.